The first kappa shape index (κ1) is 18.2. The number of nitrogens with one attached hydrogen (secondary N) is 1. The van der Waals surface area contributed by atoms with Gasteiger partial charge in [-0.25, -0.2) is 9.37 Å². The predicted octanol–water partition coefficient (Wildman–Crippen LogP) is 4.87. The molecule has 1 amide bonds. The fourth-order valence-corrected chi connectivity index (χ4v) is 3.26. The Labute approximate surface area is 158 Å². The van der Waals surface area contributed by atoms with Gasteiger partial charge in [0.15, 0.2) is 5.13 Å². The second kappa shape index (κ2) is 7.72. The maximum absolute atomic E-state index is 13.1. The van der Waals surface area contributed by atoms with E-state index in [1.807, 2.05) is 6.07 Å². The molecule has 0 fully saturated rings. The highest BCUT2D eigenvalue weighted by Gasteiger charge is 2.15. The van der Waals surface area contributed by atoms with E-state index in [1.165, 1.54) is 23.5 Å². The fraction of sp³-hybridized carbons (Fsp3) is 0.111. The fourth-order valence-electron chi connectivity index (χ4n) is 2.30. The maximum Gasteiger partial charge on any atom is 0.258 e. The van der Waals surface area contributed by atoms with Crippen LogP contribution in [-0.4, -0.2) is 25.1 Å². The lowest BCUT2D eigenvalue weighted by molar-refractivity contribution is 0.102. The van der Waals surface area contributed by atoms with E-state index in [0.29, 0.717) is 22.3 Å². The number of hydrogen-bond acceptors (Lipinski definition) is 5. The first-order valence-electron chi connectivity index (χ1n) is 7.46. The average molecular weight is 393 g/mol. The van der Waals surface area contributed by atoms with Gasteiger partial charge in [0.1, 0.15) is 17.3 Å². The number of thiazole rings is 1. The molecule has 1 heterocycles. The van der Waals surface area contributed by atoms with E-state index < -0.39 is 11.7 Å². The van der Waals surface area contributed by atoms with Crippen LogP contribution in [-0.2, 0) is 0 Å². The number of nitrogens with zero attached hydrogens (tertiary/aromatic N) is 1. The number of methoxy groups -OCH3 is 2. The number of carbonyl (C=O) groups excluding carboxylic acids is 1. The van der Waals surface area contributed by atoms with E-state index in [9.17, 15) is 9.18 Å². The van der Waals surface area contributed by atoms with Gasteiger partial charge in [-0.3, -0.25) is 10.1 Å². The summed E-state index contributed by atoms with van der Waals surface area (Å²) >= 11 is 7.17. The summed E-state index contributed by atoms with van der Waals surface area (Å²) in [5.41, 5.74) is 1.59. The van der Waals surface area contributed by atoms with E-state index in [1.54, 1.807) is 31.7 Å². The molecule has 3 aromatic rings. The van der Waals surface area contributed by atoms with Crippen molar-refractivity contribution in [3.8, 4) is 22.8 Å². The molecule has 8 heteroatoms. The van der Waals surface area contributed by atoms with Crippen molar-refractivity contribution in [3.63, 3.8) is 0 Å². The van der Waals surface area contributed by atoms with Gasteiger partial charge in [-0.15, -0.1) is 11.3 Å². The summed E-state index contributed by atoms with van der Waals surface area (Å²) < 4.78 is 23.7. The lowest BCUT2D eigenvalue weighted by Crippen LogP contribution is -2.12. The Balaban J connectivity index is 1.83. The molecule has 0 saturated carbocycles. The minimum Gasteiger partial charge on any atom is -0.497 e. The van der Waals surface area contributed by atoms with Gasteiger partial charge < -0.3 is 9.47 Å². The van der Waals surface area contributed by atoms with Crippen LogP contribution in [0.2, 0.25) is 5.02 Å². The van der Waals surface area contributed by atoms with Crippen LogP contribution in [0.3, 0.4) is 0 Å². The van der Waals surface area contributed by atoms with E-state index in [4.69, 9.17) is 21.1 Å². The Morgan fingerprint density at radius 1 is 1.19 bits per heavy atom. The van der Waals surface area contributed by atoms with Crippen LogP contribution in [0.25, 0.3) is 11.3 Å². The summed E-state index contributed by atoms with van der Waals surface area (Å²) in [7, 11) is 3.13. The largest absolute Gasteiger partial charge is 0.497 e. The molecule has 0 aliphatic rings. The number of benzene rings is 2. The highest BCUT2D eigenvalue weighted by atomic mass is 35.5. The van der Waals surface area contributed by atoms with Crippen molar-refractivity contribution in [2.24, 2.45) is 0 Å². The molecule has 134 valence electrons. The molecule has 1 N–H and O–H groups in total. The number of halogens is 2. The number of aromatic nitrogens is 1. The van der Waals surface area contributed by atoms with Crippen LogP contribution in [0.5, 0.6) is 11.5 Å². The van der Waals surface area contributed by atoms with E-state index >= 15 is 0 Å². The molecule has 0 aliphatic carbocycles. The van der Waals surface area contributed by atoms with Crippen LogP contribution in [0, 0.1) is 5.82 Å². The van der Waals surface area contributed by atoms with Gasteiger partial charge in [-0.05, 0) is 30.3 Å². The summed E-state index contributed by atoms with van der Waals surface area (Å²) in [4.78, 5) is 16.7. The smallest absolute Gasteiger partial charge is 0.258 e. The van der Waals surface area contributed by atoms with E-state index in [-0.39, 0.29) is 10.6 Å². The molecule has 0 unspecified atom stereocenters. The Morgan fingerprint density at radius 3 is 2.69 bits per heavy atom. The van der Waals surface area contributed by atoms with Crippen molar-refractivity contribution in [2.75, 3.05) is 19.5 Å². The van der Waals surface area contributed by atoms with Crippen molar-refractivity contribution in [3.05, 3.63) is 58.2 Å². The second-order valence-electron chi connectivity index (χ2n) is 5.18. The zero-order chi connectivity index (χ0) is 18.7. The van der Waals surface area contributed by atoms with Crippen LogP contribution in [0.1, 0.15) is 10.4 Å². The second-order valence-corrected chi connectivity index (χ2v) is 6.45. The molecule has 5 nitrogen and oxygen atoms in total. The highest BCUT2D eigenvalue weighted by Crippen LogP contribution is 2.35. The van der Waals surface area contributed by atoms with Gasteiger partial charge in [-0.1, -0.05) is 11.6 Å². The maximum atomic E-state index is 13.1. The molecular formula is C18H14ClFN2O3S. The van der Waals surface area contributed by atoms with Gasteiger partial charge in [0.2, 0.25) is 0 Å². The van der Waals surface area contributed by atoms with E-state index in [2.05, 4.69) is 10.3 Å². The molecule has 0 atom stereocenters. The van der Waals surface area contributed by atoms with Gasteiger partial charge in [0, 0.05) is 17.0 Å². The van der Waals surface area contributed by atoms with Crippen molar-refractivity contribution in [2.45, 2.75) is 0 Å². The first-order chi connectivity index (χ1) is 12.5. The summed E-state index contributed by atoms with van der Waals surface area (Å²) in [6.07, 6.45) is 0. The molecule has 0 bridgehead atoms. The predicted molar refractivity (Wildman–Crippen MR) is 100 cm³/mol. The van der Waals surface area contributed by atoms with Crippen molar-refractivity contribution in [1.29, 1.82) is 0 Å². The SMILES string of the molecule is COc1ccc(-c2csc(NC(=O)c3ccc(F)cc3Cl)n2)c(OC)c1. The molecular weight excluding hydrogens is 379 g/mol. The monoisotopic (exact) mass is 392 g/mol. The average Bonchev–Trinajstić information content (AvgIpc) is 3.09. The molecule has 3 rings (SSSR count). The van der Waals surface area contributed by atoms with Crippen molar-refractivity contribution < 1.29 is 18.7 Å². The van der Waals surface area contributed by atoms with Gasteiger partial charge in [-0.2, -0.15) is 0 Å². The molecule has 2 aromatic carbocycles. The summed E-state index contributed by atoms with van der Waals surface area (Å²) in [5.74, 6) is 0.307. The van der Waals surface area contributed by atoms with Crippen LogP contribution >= 0.6 is 22.9 Å². The third kappa shape index (κ3) is 3.79. The normalized spacial score (nSPS) is 10.5. The summed E-state index contributed by atoms with van der Waals surface area (Å²) in [6, 6.07) is 8.98. The molecule has 26 heavy (non-hydrogen) atoms. The molecule has 0 aliphatic heterocycles. The van der Waals surface area contributed by atoms with Gasteiger partial charge in [0.05, 0.1) is 30.5 Å². The Bertz CT molecular complexity index is 961. The Morgan fingerprint density at radius 2 is 2.00 bits per heavy atom. The molecule has 0 saturated heterocycles. The summed E-state index contributed by atoms with van der Waals surface area (Å²) in [6.45, 7) is 0. The summed E-state index contributed by atoms with van der Waals surface area (Å²) in [5, 5.41) is 4.89. The molecule has 0 spiro atoms. The standard InChI is InChI=1S/C18H14ClFN2O3S/c1-24-11-4-6-13(16(8-11)25-2)15-9-26-18(21-15)22-17(23)12-5-3-10(20)7-14(12)19/h3-9H,1-2H3,(H,21,22,23). The molecule has 0 radical (unpaired) electrons. The van der Waals surface area contributed by atoms with Gasteiger partial charge in [0.25, 0.3) is 5.91 Å². The zero-order valence-corrected chi connectivity index (χ0v) is 15.5. The Hall–Kier alpha value is -2.64. The van der Waals surface area contributed by atoms with Crippen LogP contribution in [0.15, 0.2) is 41.8 Å². The van der Waals surface area contributed by atoms with Gasteiger partial charge >= 0.3 is 0 Å². The molecule has 1 aromatic heterocycles. The number of rotatable bonds is 5. The highest BCUT2D eigenvalue weighted by molar-refractivity contribution is 7.14. The Kier molecular flexibility index (Phi) is 5.39. The minimum atomic E-state index is -0.505. The third-order valence-electron chi connectivity index (χ3n) is 3.59. The number of hydrogen-bond donors (Lipinski definition) is 1. The topological polar surface area (TPSA) is 60.5 Å². The lowest BCUT2D eigenvalue weighted by atomic mass is 10.1. The third-order valence-corrected chi connectivity index (χ3v) is 4.66. The number of amides is 1. The number of anilines is 1. The van der Waals surface area contributed by atoms with Crippen molar-refractivity contribution >= 4 is 34.0 Å². The quantitative estimate of drug-likeness (QED) is 0.672. The van der Waals surface area contributed by atoms with E-state index in [0.717, 1.165) is 11.6 Å². The van der Waals surface area contributed by atoms with Crippen molar-refractivity contribution in [1.82, 2.24) is 4.98 Å². The number of ether oxygens (including phenoxy) is 2. The van der Waals surface area contributed by atoms with Crippen LogP contribution in [0.4, 0.5) is 9.52 Å². The minimum absolute atomic E-state index is 0.0381. The van der Waals surface area contributed by atoms with Crippen LogP contribution < -0.4 is 14.8 Å². The zero-order valence-electron chi connectivity index (χ0n) is 13.9. The lowest BCUT2D eigenvalue weighted by Gasteiger charge is -2.08. The first-order valence-corrected chi connectivity index (χ1v) is 8.72. The number of carbonyl (C=O) groups is 1.